The van der Waals surface area contributed by atoms with Gasteiger partial charge in [-0.2, -0.15) is 0 Å². The minimum atomic E-state index is -0.659. The topological polar surface area (TPSA) is 262 Å². The maximum absolute atomic E-state index is 14.1. The fourth-order valence-corrected chi connectivity index (χ4v) is 6.85. The van der Waals surface area contributed by atoms with E-state index in [1.165, 1.54) is 54.6 Å². The molecule has 0 saturated carbocycles. The summed E-state index contributed by atoms with van der Waals surface area (Å²) in [6.45, 7) is 13.6. The molecule has 0 saturated heterocycles. The number of rotatable bonds is 36. The first-order valence-electron chi connectivity index (χ1n) is 22.6. The summed E-state index contributed by atoms with van der Waals surface area (Å²) in [5.74, 6) is -3.31. The van der Waals surface area contributed by atoms with E-state index in [9.17, 15) is 43.5 Å². The van der Waals surface area contributed by atoms with Crippen LogP contribution >= 0.6 is 0 Å². The third-order valence-electron chi connectivity index (χ3n) is 10.4. The van der Waals surface area contributed by atoms with Crippen LogP contribution < -0.4 is 26.3 Å². The van der Waals surface area contributed by atoms with E-state index in [-0.39, 0.29) is 78.0 Å². The van der Waals surface area contributed by atoms with Gasteiger partial charge < -0.3 is 65.7 Å². The molecule has 6 N–H and O–H groups in total. The first-order chi connectivity index (χ1) is 32.7. The van der Waals surface area contributed by atoms with Crippen LogP contribution in [-0.4, -0.2) is 211 Å². The van der Waals surface area contributed by atoms with Crippen LogP contribution in [0.5, 0.6) is 11.5 Å². The molecule has 376 valence electrons. The molecule has 7 amide bonds. The lowest BCUT2D eigenvalue weighted by Crippen LogP contribution is -2.52. The van der Waals surface area contributed by atoms with Gasteiger partial charge in [0.2, 0.25) is 48.1 Å². The molecule has 0 spiro atoms. The van der Waals surface area contributed by atoms with Gasteiger partial charge in [0.05, 0.1) is 32.8 Å². The van der Waals surface area contributed by atoms with E-state index >= 15 is 0 Å². The Labute approximate surface area is 399 Å². The van der Waals surface area contributed by atoms with Crippen LogP contribution in [0.1, 0.15) is 38.2 Å². The lowest BCUT2D eigenvalue weighted by Gasteiger charge is -2.32. The number of Topliss-reactive ketones (excluding diaryl/α,β-unsaturated/α-hetero) is 1. The molecule has 21 heteroatoms. The van der Waals surface area contributed by atoms with E-state index < -0.39 is 80.7 Å². The van der Waals surface area contributed by atoms with Crippen LogP contribution in [0.15, 0.2) is 68.8 Å². The first kappa shape index (κ1) is 57.7. The van der Waals surface area contributed by atoms with E-state index in [4.69, 9.17) is 20.9 Å². The van der Waals surface area contributed by atoms with Crippen LogP contribution in [0.3, 0.4) is 0 Å². The summed E-state index contributed by atoms with van der Waals surface area (Å²) < 4.78 is 10.9. The Morgan fingerprint density at radius 2 is 1.00 bits per heavy atom. The van der Waals surface area contributed by atoms with E-state index in [2.05, 4.69) is 31.6 Å². The van der Waals surface area contributed by atoms with Crippen molar-refractivity contribution in [2.24, 2.45) is 11.5 Å². The molecule has 1 aliphatic rings. The van der Waals surface area contributed by atoms with Crippen LogP contribution in [0.25, 0.3) is 0 Å². The largest absolute Gasteiger partial charge is 0.454 e. The second-order valence-corrected chi connectivity index (χ2v) is 15.9. The predicted octanol–water partition coefficient (Wildman–Crippen LogP) is -0.892. The molecule has 1 heterocycles. The van der Waals surface area contributed by atoms with Gasteiger partial charge in [-0.25, -0.2) is 0 Å². The average Bonchev–Trinajstić information content (AvgIpc) is 3.78. The number of carbonyl (C=O) groups is 8. The molecule has 0 fully saturated rings. The van der Waals surface area contributed by atoms with Gasteiger partial charge in [-0.15, -0.1) is 26.3 Å². The summed E-state index contributed by atoms with van der Waals surface area (Å²) >= 11 is 0. The SMILES string of the molecule is C=CCNCC(=O)N(CCO)CC(=O)N(CC(=O)N(CC=C)CC(=O)N(CC=C)CC(=O)N(CC=C)CC(=O)N(CCCCN)CC(=O)N(CCCCN)CC(C)=O)Cc1ccc2c(c1)OCO2. The normalized spacial score (nSPS) is 11.2. The van der Waals surface area contributed by atoms with Crippen molar-refractivity contribution >= 4 is 47.1 Å². The number of nitrogens with zero attached hydrogens (tertiary/aromatic N) is 7. The molecule has 2 rings (SSSR count). The van der Waals surface area contributed by atoms with Gasteiger partial charge in [0.15, 0.2) is 11.5 Å². The number of ether oxygens (including phenoxy) is 2. The molecule has 1 aromatic rings. The van der Waals surface area contributed by atoms with Crippen molar-refractivity contribution in [2.45, 2.75) is 39.2 Å². The second kappa shape index (κ2) is 32.3. The minimum absolute atomic E-state index is 0.0113. The van der Waals surface area contributed by atoms with Gasteiger partial charge in [-0.1, -0.05) is 30.4 Å². The number of nitrogens with one attached hydrogen (secondary N) is 1. The number of benzene rings is 1. The van der Waals surface area contributed by atoms with Gasteiger partial charge in [0.1, 0.15) is 32.0 Å². The molecular weight excluding hydrogens is 881 g/mol. The predicted molar refractivity (Wildman–Crippen MR) is 255 cm³/mol. The number of unbranched alkanes of at least 4 members (excludes halogenated alkanes) is 2. The summed E-state index contributed by atoms with van der Waals surface area (Å²) in [6, 6.07) is 5.02. The maximum Gasteiger partial charge on any atom is 0.242 e. The van der Waals surface area contributed by atoms with Crippen molar-refractivity contribution in [1.82, 2.24) is 39.6 Å². The zero-order valence-electron chi connectivity index (χ0n) is 39.7. The monoisotopic (exact) mass is 953 g/mol. The summed E-state index contributed by atoms with van der Waals surface area (Å²) in [5, 5.41) is 12.6. The number of ketones is 1. The summed E-state index contributed by atoms with van der Waals surface area (Å²) in [6.07, 6.45) is 8.04. The fourth-order valence-electron chi connectivity index (χ4n) is 6.85. The minimum Gasteiger partial charge on any atom is -0.454 e. The number of fused-ring (bicyclic) bond motifs is 1. The van der Waals surface area contributed by atoms with E-state index in [1.54, 1.807) is 24.3 Å². The van der Waals surface area contributed by atoms with Crippen molar-refractivity contribution in [2.75, 3.05) is 125 Å². The van der Waals surface area contributed by atoms with Crippen molar-refractivity contribution < 1.29 is 52.9 Å². The molecule has 0 aliphatic carbocycles. The molecule has 1 aromatic carbocycles. The van der Waals surface area contributed by atoms with Crippen molar-refractivity contribution in [3.63, 3.8) is 0 Å². The number of hydrogen-bond donors (Lipinski definition) is 4. The quantitative estimate of drug-likeness (QED) is 0.0470. The third kappa shape index (κ3) is 20.6. The Hall–Kier alpha value is -6.42. The summed E-state index contributed by atoms with van der Waals surface area (Å²) in [4.78, 5) is 117. The second-order valence-electron chi connectivity index (χ2n) is 15.9. The van der Waals surface area contributed by atoms with Gasteiger partial charge >= 0.3 is 0 Å². The van der Waals surface area contributed by atoms with Crippen molar-refractivity contribution in [1.29, 1.82) is 0 Å². The molecule has 0 aromatic heterocycles. The number of nitrogens with two attached hydrogens (primary N) is 2. The van der Waals surface area contributed by atoms with Crippen LogP contribution in [0.2, 0.25) is 0 Å². The molecule has 21 nitrogen and oxygen atoms in total. The third-order valence-corrected chi connectivity index (χ3v) is 10.4. The molecule has 68 heavy (non-hydrogen) atoms. The maximum atomic E-state index is 14.1. The Morgan fingerprint density at radius 1 is 0.574 bits per heavy atom. The molecule has 0 atom stereocenters. The highest BCUT2D eigenvalue weighted by molar-refractivity contribution is 5.93. The molecule has 0 radical (unpaired) electrons. The molecule has 0 unspecified atom stereocenters. The highest BCUT2D eigenvalue weighted by atomic mass is 16.7. The number of amides is 7. The van der Waals surface area contributed by atoms with Crippen LogP contribution in [-0.2, 0) is 44.9 Å². The van der Waals surface area contributed by atoms with E-state index in [1.807, 2.05) is 0 Å². The lowest BCUT2D eigenvalue weighted by molar-refractivity contribution is -0.148. The zero-order valence-corrected chi connectivity index (χ0v) is 39.7. The van der Waals surface area contributed by atoms with Crippen LogP contribution in [0, 0.1) is 0 Å². The number of hydrogen-bond acceptors (Lipinski definition) is 14. The van der Waals surface area contributed by atoms with Gasteiger partial charge in [-0.3, -0.25) is 38.4 Å². The highest BCUT2D eigenvalue weighted by Gasteiger charge is 2.30. The van der Waals surface area contributed by atoms with Gasteiger partial charge in [0, 0.05) is 52.4 Å². The first-order valence-corrected chi connectivity index (χ1v) is 22.6. The smallest absolute Gasteiger partial charge is 0.242 e. The van der Waals surface area contributed by atoms with E-state index in [0.29, 0.717) is 62.4 Å². The molecule has 1 aliphatic heterocycles. The Balaban J connectivity index is 2.33. The van der Waals surface area contributed by atoms with Crippen molar-refractivity contribution in [3.05, 3.63) is 74.4 Å². The standard InChI is InChI=1S/C47H72N10O11/c1-6-18-50-27-41(60)56(24-25-58)34-47(66)57(29-38-14-15-39-40(26-38)68-36-67-39)35-46(65)53(21-9-4)31-43(62)51(19-7-2)30-42(61)52(20-8-3)32-45(64)55(23-13-11-17-49)33-44(63)54(28-37(5)59)22-12-10-16-48/h6-9,14-15,26,50,58H,1-4,10-13,16-25,27-36,48-49H2,5H3. The van der Waals surface area contributed by atoms with Gasteiger partial charge in [-0.05, 0) is 63.4 Å². The number of aliphatic hydroxyl groups is 1. The number of aliphatic hydroxyl groups excluding tert-OH is 1. The Bertz CT molecular complexity index is 1900. The molecular formula is C47H72N10O11. The van der Waals surface area contributed by atoms with Gasteiger partial charge in [0.25, 0.3) is 0 Å². The average molecular weight is 953 g/mol. The summed E-state index contributed by atoms with van der Waals surface area (Å²) in [7, 11) is 0. The van der Waals surface area contributed by atoms with Crippen molar-refractivity contribution in [3.8, 4) is 11.5 Å². The van der Waals surface area contributed by atoms with Crippen LogP contribution in [0.4, 0.5) is 0 Å². The summed E-state index contributed by atoms with van der Waals surface area (Å²) in [5.41, 5.74) is 11.9. The van der Waals surface area contributed by atoms with E-state index in [0.717, 1.165) is 4.90 Å². The highest BCUT2D eigenvalue weighted by Crippen LogP contribution is 2.33. The molecule has 0 bridgehead atoms. The lowest BCUT2D eigenvalue weighted by atomic mass is 10.2. The Kier molecular flexibility index (Phi) is 27.4. The fraction of sp³-hybridized carbons (Fsp3) is 0.532. The number of carbonyl (C=O) groups excluding carboxylic acids is 8. The Morgan fingerprint density at radius 3 is 1.46 bits per heavy atom. The zero-order chi connectivity index (χ0) is 50.4.